The largest absolute Gasteiger partial charge is 0.494 e. The first-order valence-electron chi connectivity index (χ1n) is 6.66. The molecule has 1 heterocycles. The van der Waals surface area contributed by atoms with Gasteiger partial charge >= 0.3 is 0 Å². The van der Waals surface area contributed by atoms with E-state index in [9.17, 15) is 4.39 Å². The molecule has 0 aromatic heterocycles. The van der Waals surface area contributed by atoms with Crippen LogP contribution in [0.3, 0.4) is 0 Å². The summed E-state index contributed by atoms with van der Waals surface area (Å²) in [6.07, 6.45) is 4.10. The van der Waals surface area contributed by atoms with E-state index in [0.717, 1.165) is 32.3 Å². The van der Waals surface area contributed by atoms with Gasteiger partial charge in [-0.2, -0.15) is 0 Å². The minimum Gasteiger partial charge on any atom is -0.494 e. The van der Waals surface area contributed by atoms with E-state index in [1.165, 1.54) is 7.11 Å². The smallest absolute Gasteiger partial charge is 0.169 e. The van der Waals surface area contributed by atoms with Crippen LogP contribution in [0.4, 0.5) is 4.39 Å². The number of hydrazine groups is 1. The molecule has 106 valence electrons. The Morgan fingerprint density at radius 1 is 1.58 bits per heavy atom. The number of rotatable bonds is 6. The highest BCUT2D eigenvalue weighted by atomic mass is 19.1. The summed E-state index contributed by atoms with van der Waals surface area (Å²) < 4.78 is 24.7. The summed E-state index contributed by atoms with van der Waals surface area (Å²) in [5, 5.41) is 0. The lowest BCUT2D eigenvalue weighted by molar-refractivity contribution is 0.0994. The molecule has 0 bridgehead atoms. The Labute approximate surface area is 113 Å². The van der Waals surface area contributed by atoms with Crippen molar-refractivity contribution in [2.45, 2.75) is 37.8 Å². The molecule has 3 N–H and O–H groups in total. The molecule has 0 saturated carbocycles. The van der Waals surface area contributed by atoms with Gasteiger partial charge in [-0.15, -0.1) is 0 Å². The van der Waals surface area contributed by atoms with Crippen LogP contribution in [-0.2, 0) is 4.74 Å². The van der Waals surface area contributed by atoms with Crippen molar-refractivity contribution in [2.75, 3.05) is 13.7 Å². The van der Waals surface area contributed by atoms with E-state index < -0.39 is 0 Å². The molecule has 2 atom stereocenters. The van der Waals surface area contributed by atoms with Crippen LogP contribution in [0.2, 0.25) is 0 Å². The quantitative estimate of drug-likeness (QED) is 0.614. The number of hydrogen-bond acceptors (Lipinski definition) is 4. The molecule has 0 aliphatic carbocycles. The highest BCUT2D eigenvalue weighted by molar-refractivity contribution is 5.33. The van der Waals surface area contributed by atoms with Crippen molar-refractivity contribution >= 4 is 0 Å². The first-order valence-corrected chi connectivity index (χ1v) is 6.66. The second-order valence-corrected chi connectivity index (χ2v) is 4.80. The third-order valence-corrected chi connectivity index (χ3v) is 3.59. The second kappa shape index (κ2) is 6.84. The fourth-order valence-electron chi connectivity index (χ4n) is 2.51. The van der Waals surface area contributed by atoms with Crippen LogP contribution in [-0.4, -0.2) is 19.8 Å². The van der Waals surface area contributed by atoms with E-state index in [1.807, 2.05) is 0 Å². The zero-order valence-corrected chi connectivity index (χ0v) is 11.2. The summed E-state index contributed by atoms with van der Waals surface area (Å²) in [4.78, 5) is 0. The van der Waals surface area contributed by atoms with Crippen molar-refractivity contribution in [3.63, 3.8) is 0 Å². The molecule has 1 aromatic rings. The number of benzene rings is 1. The second-order valence-electron chi connectivity index (χ2n) is 4.80. The summed E-state index contributed by atoms with van der Waals surface area (Å²) in [6, 6.07) is 4.89. The van der Waals surface area contributed by atoms with Crippen molar-refractivity contribution in [1.29, 1.82) is 0 Å². The fourth-order valence-corrected chi connectivity index (χ4v) is 2.51. The van der Waals surface area contributed by atoms with Gasteiger partial charge in [-0.25, -0.2) is 4.39 Å². The summed E-state index contributed by atoms with van der Waals surface area (Å²) in [5.74, 6) is 5.45. The molecule has 4 nitrogen and oxygen atoms in total. The number of nitrogens with two attached hydrogens (primary N) is 1. The molecular formula is C14H21FN2O2. The molecule has 1 saturated heterocycles. The van der Waals surface area contributed by atoms with Gasteiger partial charge in [-0.3, -0.25) is 11.3 Å². The van der Waals surface area contributed by atoms with Crippen molar-refractivity contribution in [2.24, 2.45) is 5.84 Å². The average Bonchev–Trinajstić information content (AvgIpc) is 2.94. The molecule has 1 aliphatic rings. The topological polar surface area (TPSA) is 56.5 Å². The number of nitrogens with one attached hydrogen (secondary N) is 1. The minimum atomic E-state index is -0.347. The Hall–Kier alpha value is -1.17. The van der Waals surface area contributed by atoms with Crippen molar-refractivity contribution in [1.82, 2.24) is 5.43 Å². The third kappa shape index (κ3) is 3.43. The van der Waals surface area contributed by atoms with Crippen LogP contribution in [0.5, 0.6) is 5.75 Å². The Bertz CT molecular complexity index is 408. The zero-order valence-electron chi connectivity index (χ0n) is 11.2. The molecule has 1 fully saturated rings. The van der Waals surface area contributed by atoms with Gasteiger partial charge in [0.05, 0.1) is 13.2 Å². The predicted molar refractivity (Wildman–Crippen MR) is 71.2 cm³/mol. The summed E-state index contributed by atoms with van der Waals surface area (Å²) in [5.41, 5.74) is 3.22. The molecule has 0 spiro atoms. The Balaban J connectivity index is 2.03. The normalized spacial score (nSPS) is 20.5. The fraction of sp³-hybridized carbons (Fsp3) is 0.571. The van der Waals surface area contributed by atoms with E-state index >= 15 is 0 Å². The third-order valence-electron chi connectivity index (χ3n) is 3.59. The molecule has 1 aliphatic heterocycles. The van der Waals surface area contributed by atoms with Gasteiger partial charge < -0.3 is 9.47 Å². The monoisotopic (exact) mass is 268 g/mol. The van der Waals surface area contributed by atoms with Gasteiger partial charge in [0.2, 0.25) is 0 Å². The van der Waals surface area contributed by atoms with Crippen molar-refractivity contribution in [3.8, 4) is 5.75 Å². The minimum absolute atomic E-state index is 0.223. The maximum atomic E-state index is 14.2. The maximum absolute atomic E-state index is 14.2. The summed E-state index contributed by atoms with van der Waals surface area (Å²) in [7, 11) is 1.46. The van der Waals surface area contributed by atoms with Crippen LogP contribution >= 0.6 is 0 Å². The molecule has 2 unspecified atom stereocenters. The summed E-state index contributed by atoms with van der Waals surface area (Å²) >= 11 is 0. The molecule has 19 heavy (non-hydrogen) atoms. The highest BCUT2D eigenvalue weighted by Crippen LogP contribution is 2.29. The lowest BCUT2D eigenvalue weighted by Crippen LogP contribution is -2.29. The van der Waals surface area contributed by atoms with E-state index in [4.69, 9.17) is 15.3 Å². The lowest BCUT2D eigenvalue weighted by Gasteiger charge is -2.19. The van der Waals surface area contributed by atoms with E-state index in [0.29, 0.717) is 5.56 Å². The van der Waals surface area contributed by atoms with E-state index in [-0.39, 0.29) is 23.7 Å². The number of methoxy groups -OCH3 is 1. The van der Waals surface area contributed by atoms with Crippen LogP contribution in [0.15, 0.2) is 18.2 Å². The molecule has 0 radical (unpaired) electrons. The van der Waals surface area contributed by atoms with Gasteiger partial charge in [0.25, 0.3) is 0 Å². The maximum Gasteiger partial charge on any atom is 0.169 e. The van der Waals surface area contributed by atoms with E-state index in [2.05, 4.69) is 5.43 Å². The Morgan fingerprint density at radius 3 is 3.05 bits per heavy atom. The Kier molecular flexibility index (Phi) is 5.13. The van der Waals surface area contributed by atoms with Crippen molar-refractivity contribution in [3.05, 3.63) is 29.6 Å². The molecule has 5 heteroatoms. The molecule has 2 rings (SSSR count). The SMILES string of the molecule is COc1cccc(C(CCC2CCCO2)NN)c1F. The van der Waals surface area contributed by atoms with Gasteiger partial charge in [0.1, 0.15) is 0 Å². The summed E-state index contributed by atoms with van der Waals surface area (Å²) in [6.45, 7) is 0.832. The Morgan fingerprint density at radius 2 is 2.42 bits per heavy atom. The standard InChI is InChI=1S/C14H21FN2O2/c1-18-13-6-2-5-11(14(13)15)12(17-16)8-7-10-4-3-9-19-10/h2,5-6,10,12,17H,3-4,7-9,16H2,1H3. The first kappa shape index (κ1) is 14.2. The van der Waals surface area contributed by atoms with Crippen LogP contribution in [0.1, 0.15) is 37.3 Å². The number of hydrogen-bond donors (Lipinski definition) is 2. The number of halogens is 1. The van der Waals surface area contributed by atoms with Gasteiger partial charge in [0.15, 0.2) is 11.6 Å². The van der Waals surface area contributed by atoms with Gasteiger partial charge in [-0.05, 0) is 31.7 Å². The van der Waals surface area contributed by atoms with Crippen LogP contribution in [0, 0.1) is 5.82 Å². The molecule has 0 amide bonds. The van der Waals surface area contributed by atoms with Gasteiger partial charge in [-0.1, -0.05) is 12.1 Å². The van der Waals surface area contributed by atoms with Crippen LogP contribution < -0.4 is 16.0 Å². The average molecular weight is 268 g/mol. The van der Waals surface area contributed by atoms with Crippen molar-refractivity contribution < 1.29 is 13.9 Å². The van der Waals surface area contributed by atoms with E-state index in [1.54, 1.807) is 18.2 Å². The molecular weight excluding hydrogens is 247 g/mol. The first-order chi connectivity index (χ1) is 9.26. The number of ether oxygens (including phenoxy) is 2. The highest BCUT2D eigenvalue weighted by Gasteiger charge is 2.21. The van der Waals surface area contributed by atoms with Gasteiger partial charge in [0, 0.05) is 18.2 Å². The lowest BCUT2D eigenvalue weighted by atomic mass is 9.99. The zero-order chi connectivity index (χ0) is 13.7. The predicted octanol–water partition coefficient (Wildman–Crippen LogP) is 2.30. The molecule has 1 aromatic carbocycles. The van der Waals surface area contributed by atoms with Crippen LogP contribution in [0.25, 0.3) is 0 Å².